The number of rotatable bonds is 4. The van der Waals surface area contributed by atoms with Gasteiger partial charge in [0.2, 0.25) is 0 Å². The molecule has 0 aliphatic heterocycles. The maximum absolute atomic E-state index is 10.6. The Hall–Kier alpha value is 0.220. The minimum absolute atomic E-state index is 0.202. The molecule has 0 fully saturated rings. The molecule has 10 heteroatoms. The summed E-state index contributed by atoms with van der Waals surface area (Å²) in [5.41, 5.74) is 3.15. The molecule has 0 aromatic carbocycles. The van der Waals surface area contributed by atoms with E-state index in [1.807, 2.05) is 0 Å². The van der Waals surface area contributed by atoms with Crippen molar-refractivity contribution >= 4 is 15.2 Å². The first-order valence-electron chi connectivity index (χ1n) is 3.19. The van der Waals surface area contributed by atoms with E-state index in [9.17, 15) is 9.13 Å². The lowest BCUT2D eigenvalue weighted by Crippen LogP contribution is -2.53. The Labute approximate surface area is 73.7 Å². The third-order valence-electron chi connectivity index (χ3n) is 1.45. The van der Waals surface area contributed by atoms with Gasteiger partial charge in [-0.25, -0.2) is 0 Å². The number of hydrogen-bond acceptors (Lipinski definition) is 3. The Bertz CT molecular complexity index is 243. The summed E-state index contributed by atoms with van der Waals surface area (Å²) in [6.07, 6.45) is -0.762. The fraction of sp³-hybridized carbons (Fsp3) is 1.00. The van der Waals surface area contributed by atoms with Crippen molar-refractivity contribution in [1.82, 2.24) is 0 Å². The normalized spacial score (nSPS) is 14.6. The van der Waals surface area contributed by atoms with E-state index in [2.05, 4.69) is 5.73 Å². The van der Waals surface area contributed by atoms with E-state index in [4.69, 9.17) is 24.7 Å². The second-order valence-electron chi connectivity index (χ2n) is 2.47. The predicted molar refractivity (Wildman–Crippen MR) is 41.4 cm³/mol. The molecule has 8 N–H and O–H groups in total. The number of quaternary nitrogens is 1. The van der Waals surface area contributed by atoms with Gasteiger partial charge in [0.05, 0.1) is 6.54 Å². The van der Waals surface area contributed by atoms with E-state index in [0.717, 1.165) is 0 Å². The topological polar surface area (TPSA) is 163 Å². The molecule has 0 atom stereocenters. The van der Waals surface area contributed by atoms with Crippen LogP contribution < -0.4 is 5.73 Å². The zero-order chi connectivity index (χ0) is 10.9. The molecule has 0 aliphatic rings. The molecule has 13 heavy (non-hydrogen) atoms. The Morgan fingerprint density at radius 3 is 1.46 bits per heavy atom. The number of aliphatic hydroxyl groups is 1. The lowest BCUT2D eigenvalue weighted by molar-refractivity contribution is -0.371. The first kappa shape index (κ1) is 13.2. The van der Waals surface area contributed by atoms with Gasteiger partial charge in [-0.05, 0) is 0 Å². The lowest BCUT2D eigenvalue weighted by atomic mass is 10.5. The molecule has 0 amide bonds. The summed E-state index contributed by atoms with van der Waals surface area (Å²) in [5.74, 6) is 0. The van der Waals surface area contributed by atoms with Crippen LogP contribution in [0.3, 0.4) is 0 Å². The molecule has 0 spiro atoms. The van der Waals surface area contributed by atoms with Gasteiger partial charge >= 0.3 is 15.2 Å². The van der Waals surface area contributed by atoms with Crippen molar-refractivity contribution in [2.45, 2.75) is 11.5 Å². The van der Waals surface area contributed by atoms with Gasteiger partial charge in [0, 0.05) is 6.42 Å². The van der Waals surface area contributed by atoms with E-state index < -0.39 is 26.7 Å². The molecule has 8 nitrogen and oxygen atoms in total. The maximum Gasteiger partial charge on any atom is 0.369 e. The van der Waals surface area contributed by atoms with Crippen molar-refractivity contribution in [2.75, 3.05) is 6.54 Å². The average Bonchev–Trinajstić information content (AvgIpc) is 1.82. The van der Waals surface area contributed by atoms with Gasteiger partial charge in [0.25, 0.3) is 5.08 Å². The molecule has 0 unspecified atom stereocenters. The van der Waals surface area contributed by atoms with Crippen LogP contribution in [0.5, 0.6) is 0 Å². The SMILES string of the molecule is [NH3+]CCC(O)(P(=O)(O)O)P(=O)(O)O. The summed E-state index contributed by atoms with van der Waals surface area (Å²) in [6.45, 7) is -0.202. The molecule has 0 bridgehead atoms. The van der Waals surface area contributed by atoms with Crippen LogP contribution >= 0.6 is 15.2 Å². The molecule has 0 rings (SSSR count). The summed E-state index contributed by atoms with van der Waals surface area (Å²) in [5, 5.41) is 5.81. The van der Waals surface area contributed by atoms with E-state index in [1.54, 1.807) is 0 Å². The molecule has 0 aromatic heterocycles. The molecule has 0 aliphatic carbocycles. The third-order valence-corrected chi connectivity index (χ3v) is 5.32. The summed E-state index contributed by atoms with van der Waals surface area (Å²) < 4.78 is 21.2. The minimum Gasteiger partial charge on any atom is -0.367 e. The van der Waals surface area contributed by atoms with Crippen molar-refractivity contribution in [3.05, 3.63) is 0 Å². The Balaban J connectivity index is 5.22. The fourth-order valence-electron chi connectivity index (χ4n) is 0.698. The highest BCUT2D eigenvalue weighted by molar-refractivity contribution is 7.72. The van der Waals surface area contributed by atoms with E-state index in [-0.39, 0.29) is 6.54 Å². The van der Waals surface area contributed by atoms with Crippen LogP contribution in [0.2, 0.25) is 0 Å². The molecule has 0 aromatic rings. The molecule has 80 valence electrons. The Morgan fingerprint density at radius 2 is 1.38 bits per heavy atom. The molecule has 0 radical (unpaired) electrons. The van der Waals surface area contributed by atoms with Crippen molar-refractivity contribution in [3.8, 4) is 0 Å². The van der Waals surface area contributed by atoms with Crippen molar-refractivity contribution in [3.63, 3.8) is 0 Å². The van der Waals surface area contributed by atoms with E-state index in [0.29, 0.717) is 0 Å². The second kappa shape index (κ2) is 3.76. The van der Waals surface area contributed by atoms with E-state index >= 15 is 0 Å². The molecular formula is C3H12NO7P2+. The van der Waals surface area contributed by atoms with Crippen molar-refractivity contribution in [1.29, 1.82) is 0 Å². The summed E-state index contributed by atoms with van der Waals surface area (Å²) in [4.78, 5) is 34.2. The highest BCUT2D eigenvalue weighted by Gasteiger charge is 2.59. The van der Waals surface area contributed by atoms with Crippen LogP contribution in [0.15, 0.2) is 0 Å². The van der Waals surface area contributed by atoms with Gasteiger partial charge in [-0.15, -0.1) is 0 Å². The number of hydrogen-bond donors (Lipinski definition) is 6. The fourth-order valence-corrected chi connectivity index (χ4v) is 2.95. The van der Waals surface area contributed by atoms with Crippen molar-refractivity contribution in [2.24, 2.45) is 0 Å². The summed E-state index contributed by atoms with van der Waals surface area (Å²) in [7, 11) is -10.5. The van der Waals surface area contributed by atoms with E-state index in [1.165, 1.54) is 0 Å². The average molecular weight is 236 g/mol. The molecule has 0 heterocycles. The van der Waals surface area contributed by atoms with Crippen LogP contribution in [-0.2, 0) is 9.13 Å². The standard InChI is InChI=1S/C3H11NO7P2/c4-2-1-3(5,12(6,7)8)13(9,10)11/h5H,1-2,4H2,(H2,6,7,8)(H2,9,10,11)/p+1. The van der Waals surface area contributed by atoms with Crippen LogP contribution in [0.1, 0.15) is 6.42 Å². The van der Waals surface area contributed by atoms with Gasteiger partial charge < -0.3 is 30.4 Å². The van der Waals surface area contributed by atoms with Crippen LogP contribution in [-0.4, -0.2) is 36.3 Å². The maximum atomic E-state index is 10.6. The summed E-state index contributed by atoms with van der Waals surface area (Å²) in [6, 6.07) is 0. The predicted octanol–water partition coefficient (Wildman–Crippen LogP) is -2.38. The molecular weight excluding hydrogens is 224 g/mol. The van der Waals surface area contributed by atoms with Crippen LogP contribution in [0.4, 0.5) is 0 Å². The Kier molecular flexibility index (Phi) is 3.83. The molecule has 0 saturated carbocycles. The highest BCUT2D eigenvalue weighted by atomic mass is 31.2. The van der Waals surface area contributed by atoms with Gasteiger partial charge in [0.15, 0.2) is 0 Å². The first-order chi connectivity index (χ1) is 5.56. The van der Waals surface area contributed by atoms with Crippen molar-refractivity contribution < 1.29 is 39.5 Å². The zero-order valence-corrected chi connectivity index (χ0v) is 8.36. The zero-order valence-electron chi connectivity index (χ0n) is 6.57. The van der Waals surface area contributed by atoms with Gasteiger partial charge in [-0.3, -0.25) is 9.13 Å². The summed E-state index contributed by atoms with van der Waals surface area (Å²) >= 11 is 0. The lowest BCUT2D eigenvalue weighted by Gasteiger charge is -2.27. The largest absolute Gasteiger partial charge is 0.369 e. The quantitative estimate of drug-likeness (QED) is 0.297. The van der Waals surface area contributed by atoms with Crippen LogP contribution in [0.25, 0.3) is 0 Å². The van der Waals surface area contributed by atoms with Gasteiger partial charge in [-0.1, -0.05) is 0 Å². The highest BCUT2D eigenvalue weighted by Crippen LogP contribution is 2.68. The van der Waals surface area contributed by atoms with Crippen LogP contribution in [0, 0.1) is 0 Å². The first-order valence-corrected chi connectivity index (χ1v) is 6.41. The second-order valence-corrected chi connectivity index (χ2v) is 6.47. The minimum atomic E-state index is -5.27. The van der Waals surface area contributed by atoms with Gasteiger partial charge in [-0.2, -0.15) is 0 Å². The monoisotopic (exact) mass is 236 g/mol. The van der Waals surface area contributed by atoms with Gasteiger partial charge in [0.1, 0.15) is 0 Å². The molecule has 0 saturated heterocycles. The Morgan fingerprint density at radius 1 is 1.08 bits per heavy atom. The third kappa shape index (κ3) is 2.59. The smallest absolute Gasteiger partial charge is 0.367 e.